The first kappa shape index (κ1) is 50.6. The Balaban J connectivity index is 1.33. The lowest BCUT2D eigenvalue weighted by Crippen LogP contribution is -2.31. The van der Waals surface area contributed by atoms with Crippen LogP contribution in [0.25, 0.3) is 33.9 Å². The van der Waals surface area contributed by atoms with E-state index in [4.69, 9.17) is 56.9 Å². The molecule has 0 saturated carbocycles. The summed E-state index contributed by atoms with van der Waals surface area (Å²) in [6.07, 6.45) is 0.0293. The molecule has 0 radical (unpaired) electrons. The maximum atomic E-state index is 13.4. The Kier molecular flexibility index (Phi) is 18.1. The van der Waals surface area contributed by atoms with Crippen LogP contribution in [0.15, 0.2) is 163 Å². The minimum Gasteiger partial charge on any atom is -0.382 e. The number of imidazole rings is 1. The van der Waals surface area contributed by atoms with Crippen LogP contribution in [0.1, 0.15) is 36.2 Å². The number of nitrogens with zero attached hydrogens (tertiary/aromatic N) is 4. The van der Waals surface area contributed by atoms with Crippen LogP contribution in [0.4, 0.5) is 11.4 Å². The van der Waals surface area contributed by atoms with Crippen molar-refractivity contribution in [3.05, 3.63) is 184 Å². The molecule has 2 amide bonds. The molecule has 0 bridgehead atoms. The minimum atomic E-state index is -0.868. The number of benzene rings is 6. The molecule has 0 aliphatic carbocycles. The molecule has 1 aliphatic heterocycles. The number of halogens is 2. The quantitative estimate of drug-likeness (QED) is 0.0451. The van der Waals surface area contributed by atoms with E-state index in [9.17, 15) is 9.59 Å². The third kappa shape index (κ3) is 12.8. The molecule has 1 aromatic heterocycles. The summed E-state index contributed by atoms with van der Waals surface area (Å²) in [6.45, 7) is 4.44. The summed E-state index contributed by atoms with van der Waals surface area (Å²) < 4.78 is 31.5. The van der Waals surface area contributed by atoms with E-state index in [2.05, 4.69) is 20.0 Å². The zero-order chi connectivity index (χ0) is 49.4. The Labute approximate surface area is 423 Å². The summed E-state index contributed by atoms with van der Waals surface area (Å²) in [4.78, 5) is 37.8. The number of ether oxygens (including phenoxy) is 5. The van der Waals surface area contributed by atoms with Crippen molar-refractivity contribution in [2.75, 3.05) is 77.2 Å². The van der Waals surface area contributed by atoms with Crippen LogP contribution in [0, 0.1) is 0 Å². The smallest absolute Gasteiger partial charge is 0.303 e. The van der Waals surface area contributed by atoms with Crippen molar-refractivity contribution in [1.82, 2.24) is 9.66 Å². The highest BCUT2D eigenvalue weighted by Gasteiger charge is 2.45. The van der Waals surface area contributed by atoms with Gasteiger partial charge < -0.3 is 34.3 Å². The Bertz CT molecular complexity index is 2950. The van der Waals surface area contributed by atoms with Gasteiger partial charge >= 0.3 is 6.17 Å². The Hall–Kier alpha value is -6.81. The van der Waals surface area contributed by atoms with Crippen LogP contribution in [-0.4, -0.2) is 104 Å². The van der Waals surface area contributed by atoms with E-state index < -0.39 is 6.17 Å². The summed E-state index contributed by atoms with van der Waals surface area (Å²) >= 11 is 14.6. The van der Waals surface area contributed by atoms with Crippen LogP contribution >= 0.6 is 23.2 Å². The van der Waals surface area contributed by atoms with Gasteiger partial charge in [-0.05, 0) is 55.0 Å². The molecule has 13 nitrogen and oxygen atoms in total. The number of hydrogen-bond acceptors (Lipinski definition) is 9. The normalized spacial score (nSPS) is 13.4. The monoisotopic (exact) mass is 993 g/mol. The molecule has 2 heterocycles. The van der Waals surface area contributed by atoms with Gasteiger partial charge in [-0.2, -0.15) is 0 Å². The third-order valence-corrected chi connectivity index (χ3v) is 11.9. The van der Waals surface area contributed by atoms with Gasteiger partial charge in [0.25, 0.3) is 5.71 Å². The number of carbonyl (C=O) groups excluding carboxylic acids is 2. The fraction of sp³-hybridized carbons (Fsp3) is 0.232. The lowest BCUT2D eigenvalue weighted by molar-refractivity contribution is -0.617. The Morgan fingerprint density at radius 2 is 1.10 bits per heavy atom. The summed E-state index contributed by atoms with van der Waals surface area (Å²) in [5.41, 5.74) is 8.29. The number of anilines is 2. The second-order valence-electron chi connectivity index (χ2n) is 16.3. The molecule has 0 saturated heterocycles. The second-order valence-corrected chi connectivity index (χ2v) is 17.1. The molecule has 364 valence electrons. The first-order chi connectivity index (χ1) is 34.8. The van der Waals surface area contributed by atoms with Gasteiger partial charge in [0.05, 0.1) is 60.8 Å². The predicted octanol–water partition coefficient (Wildman–Crippen LogP) is 10.7. The van der Waals surface area contributed by atoms with E-state index in [0.717, 1.165) is 40.1 Å². The van der Waals surface area contributed by atoms with Crippen LogP contribution in [0.3, 0.4) is 0 Å². The molecule has 15 heteroatoms. The molecular formula is C56H55Cl2N6O7+. The lowest BCUT2D eigenvalue weighted by atomic mass is 10.00. The fourth-order valence-electron chi connectivity index (χ4n) is 8.04. The number of aliphatic imine (C=N–C) groups is 1. The molecule has 7 aromatic rings. The zero-order valence-corrected chi connectivity index (χ0v) is 41.1. The van der Waals surface area contributed by atoms with Gasteiger partial charge in [-0.25, -0.2) is 9.98 Å². The number of nitrogens with one attached hydrogen (secondary N) is 2. The lowest BCUT2D eigenvalue weighted by Gasteiger charge is -2.18. The van der Waals surface area contributed by atoms with E-state index in [-0.39, 0.29) is 38.2 Å². The predicted molar refractivity (Wildman–Crippen MR) is 280 cm³/mol. The zero-order valence-electron chi connectivity index (χ0n) is 39.6. The highest BCUT2D eigenvalue weighted by molar-refractivity contribution is 6.52. The van der Waals surface area contributed by atoms with Gasteiger partial charge in [0.1, 0.15) is 30.3 Å². The van der Waals surface area contributed by atoms with Crippen LogP contribution in [-0.2, 0) is 33.3 Å². The maximum Gasteiger partial charge on any atom is 0.303 e. The Morgan fingerprint density at radius 3 is 1.69 bits per heavy atom. The third-order valence-electron chi connectivity index (χ3n) is 11.2. The standard InChI is InChI=1S/C56H54Cl2N6O7/c1-3-28-68-31-33-70-37-49(65)59-43-24-26-47(57)45(35-43)55-61-51(39-16-8-4-9-17-39)53(41-20-12-6-13-21-41)63(55)64-54(42-22-14-7-15-23-42)52(40-18-10-5-11-19-40)62-56(64)46-36-44(25-27-48(46)58)60-50(66)38-71-34-32-69-30-29-67-2/h4-27,35-36,55H,3,28-34,37-38H2,1-2H3,(H-,59,60,65,66)/p+1. The average molecular weight is 995 g/mol. The second kappa shape index (κ2) is 25.3. The fourth-order valence-corrected chi connectivity index (χ4v) is 8.46. The van der Waals surface area contributed by atoms with Crippen molar-refractivity contribution in [3.63, 3.8) is 0 Å². The summed E-state index contributed by atoms with van der Waals surface area (Å²) in [5, 5.41) is 6.77. The van der Waals surface area contributed by atoms with Gasteiger partial charge in [0.15, 0.2) is 0 Å². The van der Waals surface area contributed by atoms with Crippen molar-refractivity contribution < 1.29 is 38.0 Å². The van der Waals surface area contributed by atoms with Gasteiger partial charge in [-0.3, -0.25) is 9.59 Å². The molecule has 1 unspecified atom stereocenters. The number of amides is 2. The number of carbonyl (C=O) groups is 2. The van der Waals surface area contributed by atoms with Gasteiger partial charge in [0, 0.05) is 47.3 Å². The van der Waals surface area contributed by atoms with Crippen molar-refractivity contribution in [2.45, 2.75) is 19.5 Å². The first-order valence-corrected chi connectivity index (χ1v) is 24.2. The van der Waals surface area contributed by atoms with E-state index >= 15 is 0 Å². The van der Waals surface area contributed by atoms with E-state index in [0.29, 0.717) is 82.8 Å². The maximum absolute atomic E-state index is 13.4. The summed E-state index contributed by atoms with van der Waals surface area (Å²) in [6, 6.07) is 50.6. The highest BCUT2D eigenvalue weighted by Crippen LogP contribution is 2.43. The summed E-state index contributed by atoms with van der Waals surface area (Å²) in [7, 11) is 1.61. The first-order valence-electron chi connectivity index (χ1n) is 23.4. The van der Waals surface area contributed by atoms with Gasteiger partial charge in [-0.1, -0.05) is 149 Å². The van der Waals surface area contributed by atoms with E-state index in [1.165, 1.54) is 0 Å². The van der Waals surface area contributed by atoms with Crippen molar-refractivity contribution in [2.24, 2.45) is 4.99 Å². The molecule has 0 fully saturated rings. The number of hydrogen-bond donors (Lipinski definition) is 2. The van der Waals surface area contributed by atoms with Crippen LogP contribution < -0.4 is 10.6 Å². The molecule has 1 aliphatic rings. The minimum absolute atomic E-state index is 0.163. The van der Waals surface area contributed by atoms with Crippen LogP contribution in [0.5, 0.6) is 0 Å². The Morgan fingerprint density at radius 1 is 0.592 bits per heavy atom. The molecule has 2 N–H and O–H groups in total. The van der Waals surface area contributed by atoms with Gasteiger partial charge in [0.2, 0.25) is 17.6 Å². The number of methoxy groups -OCH3 is 1. The number of aromatic nitrogens is 2. The topological polar surface area (TPSA) is 138 Å². The largest absolute Gasteiger partial charge is 0.382 e. The van der Waals surface area contributed by atoms with Crippen LogP contribution in [0.2, 0.25) is 10.0 Å². The van der Waals surface area contributed by atoms with Crippen molar-refractivity contribution in [3.8, 4) is 33.9 Å². The highest BCUT2D eigenvalue weighted by atomic mass is 35.5. The van der Waals surface area contributed by atoms with Crippen molar-refractivity contribution in [1.29, 1.82) is 0 Å². The summed E-state index contributed by atoms with van der Waals surface area (Å²) in [5.74, 6) is -0.252. The average Bonchev–Trinajstić information content (AvgIpc) is 3.99. The van der Waals surface area contributed by atoms with Gasteiger partial charge in [-0.15, -0.1) is 0 Å². The SMILES string of the molecule is CCCOCCOCC(=O)Nc1ccc(Cl)c(C2N=C(c3ccccc3)C(c3ccccc3)=[N+]2n2c(-c3cc(NC(=O)COCCOCCOC)ccc3Cl)nc(-c3ccccc3)c2-c2ccccc2)c1. The van der Waals surface area contributed by atoms with E-state index in [1.807, 2.05) is 140 Å². The van der Waals surface area contributed by atoms with Crippen molar-refractivity contribution >= 4 is 57.8 Å². The molecular weight excluding hydrogens is 940 g/mol. The number of rotatable bonds is 24. The molecule has 1 atom stereocenters. The molecule has 0 spiro atoms. The molecule has 6 aromatic carbocycles. The molecule has 8 rings (SSSR count). The molecule has 71 heavy (non-hydrogen) atoms. The van der Waals surface area contributed by atoms with E-state index in [1.54, 1.807) is 31.4 Å².